The molecule has 1 amide bonds. The van der Waals surface area contributed by atoms with E-state index in [0.29, 0.717) is 0 Å². The summed E-state index contributed by atoms with van der Waals surface area (Å²) in [6, 6.07) is -0.446. The van der Waals surface area contributed by atoms with Crippen LogP contribution < -0.4 is 5.73 Å². The molecule has 100 valence electrons. The highest BCUT2D eigenvalue weighted by Gasteiger charge is 2.31. The van der Waals surface area contributed by atoms with E-state index in [-0.39, 0.29) is 18.1 Å². The Balaban J connectivity index is 2.49. The van der Waals surface area contributed by atoms with Crippen molar-refractivity contribution in [1.82, 2.24) is 4.90 Å². The van der Waals surface area contributed by atoms with Crippen LogP contribution in [0.15, 0.2) is 0 Å². The first-order valence-electron chi connectivity index (χ1n) is 6.78. The molecule has 0 saturated heterocycles. The van der Waals surface area contributed by atoms with Crippen LogP contribution in [-0.2, 0) is 4.79 Å². The maximum absolute atomic E-state index is 12.1. The van der Waals surface area contributed by atoms with E-state index < -0.39 is 6.04 Å². The summed E-state index contributed by atoms with van der Waals surface area (Å²) in [5.41, 5.74) is 5.88. The average molecular weight is 242 g/mol. The van der Waals surface area contributed by atoms with Crippen LogP contribution in [-0.4, -0.2) is 41.1 Å². The van der Waals surface area contributed by atoms with E-state index in [0.717, 1.165) is 44.9 Å². The summed E-state index contributed by atoms with van der Waals surface area (Å²) >= 11 is 0. The molecule has 0 radical (unpaired) electrons. The Kier molecular flexibility index (Phi) is 5.92. The predicted molar refractivity (Wildman–Crippen MR) is 68.5 cm³/mol. The fourth-order valence-corrected chi connectivity index (χ4v) is 2.52. The molecule has 0 aromatic heterocycles. The second-order valence-electron chi connectivity index (χ2n) is 5.12. The van der Waals surface area contributed by atoms with Gasteiger partial charge in [0, 0.05) is 7.05 Å². The van der Waals surface area contributed by atoms with Crippen molar-refractivity contribution in [3.63, 3.8) is 0 Å². The number of carbonyl (C=O) groups excluding carboxylic acids is 1. The Bertz CT molecular complexity index is 246. The molecule has 3 N–H and O–H groups in total. The van der Waals surface area contributed by atoms with Crippen molar-refractivity contribution in [1.29, 1.82) is 0 Å². The van der Waals surface area contributed by atoms with Crippen molar-refractivity contribution in [3.8, 4) is 0 Å². The molecule has 3 unspecified atom stereocenters. The number of nitrogens with zero attached hydrogens (tertiary/aromatic N) is 1. The molecule has 1 fully saturated rings. The number of nitrogens with two attached hydrogens (primary N) is 1. The maximum Gasteiger partial charge on any atom is 0.239 e. The van der Waals surface area contributed by atoms with Crippen molar-refractivity contribution in [2.75, 3.05) is 7.05 Å². The van der Waals surface area contributed by atoms with Gasteiger partial charge in [-0.1, -0.05) is 32.6 Å². The molecule has 3 atom stereocenters. The number of hydrogen-bond donors (Lipinski definition) is 2. The van der Waals surface area contributed by atoms with Gasteiger partial charge in [0.05, 0.1) is 18.2 Å². The first kappa shape index (κ1) is 14.5. The minimum atomic E-state index is -0.408. The van der Waals surface area contributed by atoms with Crippen LogP contribution in [0.1, 0.15) is 51.9 Å². The first-order chi connectivity index (χ1) is 8.07. The van der Waals surface area contributed by atoms with Crippen molar-refractivity contribution in [2.24, 2.45) is 5.73 Å². The number of likely N-dealkylation sites (N-methyl/N-ethyl adjacent to an activating group) is 1. The van der Waals surface area contributed by atoms with Crippen LogP contribution in [0.3, 0.4) is 0 Å². The average Bonchev–Trinajstić information content (AvgIpc) is 2.34. The van der Waals surface area contributed by atoms with Gasteiger partial charge in [0.1, 0.15) is 0 Å². The molecule has 0 bridgehead atoms. The number of carbonyl (C=O) groups is 1. The Hall–Kier alpha value is -0.610. The van der Waals surface area contributed by atoms with Gasteiger partial charge in [-0.2, -0.15) is 0 Å². The lowest BCUT2D eigenvalue weighted by Gasteiger charge is -2.36. The third kappa shape index (κ3) is 3.96. The van der Waals surface area contributed by atoms with Gasteiger partial charge in [-0.05, 0) is 19.3 Å². The Morgan fingerprint density at radius 3 is 2.71 bits per heavy atom. The molecule has 1 aliphatic rings. The number of hydrogen-bond acceptors (Lipinski definition) is 3. The molecule has 0 spiro atoms. The van der Waals surface area contributed by atoms with Crippen LogP contribution in [0.25, 0.3) is 0 Å². The molecule has 17 heavy (non-hydrogen) atoms. The topological polar surface area (TPSA) is 66.6 Å². The number of aliphatic hydroxyl groups is 1. The fraction of sp³-hybridized carbons (Fsp3) is 0.923. The van der Waals surface area contributed by atoms with Gasteiger partial charge in [-0.3, -0.25) is 4.79 Å². The fourth-order valence-electron chi connectivity index (χ4n) is 2.52. The maximum atomic E-state index is 12.1. The predicted octanol–water partition coefficient (Wildman–Crippen LogP) is 1.27. The highest BCUT2D eigenvalue weighted by atomic mass is 16.3. The lowest BCUT2D eigenvalue weighted by atomic mass is 9.91. The summed E-state index contributed by atoms with van der Waals surface area (Å²) < 4.78 is 0. The minimum Gasteiger partial charge on any atom is -0.391 e. The molecule has 0 aromatic rings. The van der Waals surface area contributed by atoms with Crippen LogP contribution in [0, 0.1) is 0 Å². The van der Waals surface area contributed by atoms with E-state index in [4.69, 9.17) is 5.73 Å². The summed E-state index contributed by atoms with van der Waals surface area (Å²) in [6.07, 6.45) is 6.23. The molecule has 4 nitrogen and oxygen atoms in total. The molecular weight excluding hydrogens is 216 g/mol. The van der Waals surface area contributed by atoms with E-state index >= 15 is 0 Å². The number of aliphatic hydroxyl groups excluding tert-OH is 1. The second kappa shape index (κ2) is 6.97. The smallest absolute Gasteiger partial charge is 0.239 e. The standard InChI is InChI=1S/C13H26N2O2/c1-3-4-7-10(14)13(17)15(2)11-8-5-6-9-12(11)16/h10-12,16H,3-9,14H2,1-2H3. The van der Waals surface area contributed by atoms with E-state index in [2.05, 4.69) is 6.92 Å². The molecule has 4 heteroatoms. The number of rotatable bonds is 5. The summed E-state index contributed by atoms with van der Waals surface area (Å²) in [7, 11) is 1.77. The van der Waals surface area contributed by atoms with Crippen molar-refractivity contribution < 1.29 is 9.90 Å². The molecular formula is C13H26N2O2. The lowest BCUT2D eigenvalue weighted by molar-refractivity contribution is -0.137. The molecule has 0 aliphatic heterocycles. The Morgan fingerprint density at radius 2 is 2.12 bits per heavy atom. The molecule has 1 saturated carbocycles. The van der Waals surface area contributed by atoms with Crippen molar-refractivity contribution >= 4 is 5.91 Å². The van der Waals surface area contributed by atoms with Crippen molar-refractivity contribution in [3.05, 3.63) is 0 Å². The number of amides is 1. The molecule has 1 rings (SSSR count). The quantitative estimate of drug-likeness (QED) is 0.763. The van der Waals surface area contributed by atoms with Gasteiger partial charge < -0.3 is 15.7 Å². The van der Waals surface area contributed by atoms with Crippen LogP contribution in [0.2, 0.25) is 0 Å². The van der Waals surface area contributed by atoms with E-state index in [1.54, 1.807) is 11.9 Å². The molecule has 0 heterocycles. The minimum absolute atomic E-state index is 0.0237. The highest BCUT2D eigenvalue weighted by molar-refractivity contribution is 5.81. The molecule has 0 aromatic carbocycles. The second-order valence-corrected chi connectivity index (χ2v) is 5.12. The summed E-state index contributed by atoms with van der Waals surface area (Å²) in [5.74, 6) is -0.0237. The zero-order valence-corrected chi connectivity index (χ0v) is 11.1. The number of unbranched alkanes of at least 4 members (excludes halogenated alkanes) is 1. The zero-order valence-electron chi connectivity index (χ0n) is 11.1. The Morgan fingerprint density at radius 1 is 1.47 bits per heavy atom. The molecule has 1 aliphatic carbocycles. The third-order valence-corrected chi connectivity index (χ3v) is 3.72. The van der Waals surface area contributed by atoms with Gasteiger partial charge in [0.15, 0.2) is 0 Å². The van der Waals surface area contributed by atoms with E-state index in [1.807, 2.05) is 0 Å². The summed E-state index contributed by atoms with van der Waals surface area (Å²) in [6.45, 7) is 2.09. The van der Waals surface area contributed by atoms with Crippen molar-refractivity contribution in [2.45, 2.75) is 70.1 Å². The Labute approximate surface area is 104 Å². The monoisotopic (exact) mass is 242 g/mol. The normalized spacial score (nSPS) is 26.6. The van der Waals surface area contributed by atoms with E-state index in [9.17, 15) is 9.90 Å². The van der Waals surface area contributed by atoms with Crippen LogP contribution >= 0.6 is 0 Å². The van der Waals surface area contributed by atoms with Gasteiger partial charge >= 0.3 is 0 Å². The zero-order chi connectivity index (χ0) is 12.8. The van der Waals surface area contributed by atoms with Gasteiger partial charge in [0.25, 0.3) is 0 Å². The van der Waals surface area contributed by atoms with Crippen LogP contribution in [0.5, 0.6) is 0 Å². The third-order valence-electron chi connectivity index (χ3n) is 3.72. The van der Waals surface area contributed by atoms with Crippen LogP contribution in [0.4, 0.5) is 0 Å². The van der Waals surface area contributed by atoms with E-state index in [1.165, 1.54) is 0 Å². The SMILES string of the molecule is CCCCC(N)C(=O)N(C)C1CCCCC1O. The van der Waals surface area contributed by atoms with Gasteiger partial charge in [-0.15, -0.1) is 0 Å². The largest absolute Gasteiger partial charge is 0.391 e. The van der Waals surface area contributed by atoms with Gasteiger partial charge in [-0.25, -0.2) is 0 Å². The van der Waals surface area contributed by atoms with Gasteiger partial charge in [0.2, 0.25) is 5.91 Å². The summed E-state index contributed by atoms with van der Waals surface area (Å²) in [4.78, 5) is 13.8. The summed E-state index contributed by atoms with van der Waals surface area (Å²) in [5, 5.41) is 9.91. The lowest BCUT2D eigenvalue weighted by Crippen LogP contribution is -2.51. The highest BCUT2D eigenvalue weighted by Crippen LogP contribution is 2.23. The first-order valence-corrected chi connectivity index (χ1v) is 6.78.